The van der Waals surface area contributed by atoms with Crippen LogP contribution in [0.2, 0.25) is 0 Å². The molecule has 0 heterocycles. The van der Waals surface area contributed by atoms with Gasteiger partial charge in [0.15, 0.2) is 0 Å². The van der Waals surface area contributed by atoms with Crippen molar-refractivity contribution in [2.24, 2.45) is 0 Å². The Morgan fingerprint density at radius 3 is 2.26 bits per heavy atom. The lowest BCUT2D eigenvalue weighted by molar-refractivity contribution is 0.0696. The first kappa shape index (κ1) is 18.3. The van der Waals surface area contributed by atoms with E-state index >= 15 is 0 Å². The number of hydrogen-bond donors (Lipinski definition) is 3. The van der Waals surface area contributed by atoms with Gasteiger partial charge in [-0.05, 0) is 66.1 Å². The predicted octanol–water partition coefficient (Wildman–Crippen LogP) is 4.64. The monoisotopic (exact) mass is 366 g/mol. The minimum atomic E-state index is -1.22. The first-order chi connectivity index (χ1) is 12.8. The molecule has 0 unspecified atom stereocenters. The van der Waals surface area contributed by atoms with Gasteiger partial charge in [-0.3, -0.25) is 5.41 Å². The third kappa shape index (κ3) is 3.55. The zero-order valence-electron chi connectivity index (χ0n) is 14.4. The second-order valence-corrected chi connectivity index (χ2v) is 6.12. The van der Waals surface area contributed by atoms with Gasteiger partial charge in [-0.25, -0.2) is 13.6 Å². The van der Waals surface area contributed by atoms with Crippen LogP contribution in [0.5, 0.6) is 0 Å². The van der Waals surface area contributed by atoms with Gasteiger partial charge < -0.3 is 10.8 Å². The molecule has 4 nitrogen and oxygen atoms in total. The van der Waals surface area contributed by atoms with Crippen molar-refractivity contribution in [2.45, 2.75) is 6.92 Å². The van der Waals surface area contributed by atoms with Crippen LogP contribution in [0.1, 0.15) is 27.0 Å². The lowest BCUT2D eigenvalue weighted by Gasteiger charge is -2.13. The van der Waals surface area contributed by atoms with Crippen LogP contribution >= 0.6 is 0 Å². The van der Waals surface area contributed by atoms with Crippen molar-refractivity contribution < 1.29 is 18.7 Å². The molecule has 3 aromatic carbocycles. The van der Waals surface area contributed by atoms with Crippen molar-refractivity contribution in [3.63, 3.8) is 0 Å². The minimum Gasteiger partial charge on any atom is -0.478 e. The number of hydrogen-bond acceptors (Lipinski definition) is 3. The Bertz CT molecular complexity index is 1060. The van der Waals surface area contributed by atoms with E-state index in [1.54, 1.807) is 25.1 Å². The molecule has 0 spiro atoms. The number of carbonyl (C=O) groups is 1. The summed E-state index contributed by atoms with van der Waals surface area (Å²) in [6.07, 6.45) is 0. The molecule has 0 atom stereocenters. The average Bonchev–Trinajstić information content (AvgIpc) is 2.63. The highest BCUT2D eigenvalue weighted by molar-refractivity contribution is 6.14. The van der Waals surface area contributed by atoms with Crippen LogP contribution in [0.3, 0.4) is 0 Å². The van der Waals surface area contributed by atoms with Crippen LogP contribution in [0, 0.1) is 24.0 Å². The molecule has 6 heteroatoms. The molecule has 0 amide bonds. The second kappa shape index (κ2) is 6.99. The van der Waals surface area contributed by atoms with Crippen molar-refractivity contribution >= 4 is 17.4 Å². The predicted molar refractivity (Wildman–Crippen MR) is 100 cm³/mol. The van der Waals surface area contributed by atoms with E-state index in [-0.39, 0.29) is 17.0 Å². The van der Waals surface area contributed by atoms with E-state index in [0.29, 0.717) is 27.8 Å². The fourth-order valence-corrected chi connectivity index (χ4v) is 2.83. The molecule has 0 saturated heterocycles. The van der Waals surface area contributed by atoms with Gasteiger partial charge >= 0.3 is 5.97 Å². The maximum atomic E-state index is 14.1. The number of aromatic carboxylic acids is 1. The molecule has 0 bridgehead atoms. The molecule has 0 aliphatic heterocycles. The Morgan fingerprint density at radius 2 is 1.67 bits per heavy atom. The Labute approximate surface area is 154 Å². The van der Waals surface area contributed by atoms with Crippen molar-refractivity contribution in [2.75, 3.05) is 5.73 Å². The van der Waals surface area contributed by atoms with Gasteiger partial charge in [-0.15, -0.1) is 0 Å². The summed E-state index contributed by atoms with van der Waals surface area (Å²) in [5, 5.41) is 17.4. The zero-order chi connectivity index (χ0) is 19.7. The molecular formula is C21H16F2N2O2. The maximum absolute atomic E-state index is 14.1. The van der Waals surface area contributed by atoms with E-state index in [1.807, 2.05) is 0 Å². The van der Waals surface area contributed by atoms with Crippen LogP contribution in [0.4, 0.5) is 14.5 Å². The number of carboxylic acids is 1. The highest BCUT2D eigenvalue weighted by Gasteiger charge is 2.15. The van der Waals surface area contributed by atoms with Gasteiger partial charge in [-0.2, -0.15) is 0 Å². The number of carboxylic acid groups (broad SMARTS) is 1. The Balaban J connectivity index is 2.04. The summed E-state index contributed by atoms with van der Waals surface area (Å²) in [5.74, 6) is -2.24. The Kier molecular flexibility index (Phi) is 4.73. The quantitative estimate of drug-likeness (QED) is 0.464. The largest absolute Gasteiger partial charge is 0.478 e. The number of nitrogens with two attached hydrogens (primary N) is 1. The van der Waals surface area contributed by atoms with Crippen LogP contribution < -0.4 is 5.73 Å². The van der Waals surface area contributed by atoms with E-state index < -0.39 is 17.6 Å². The topological polar surface area (TPSA) is 87.2 Å². The number of rotatable bonds is 4. The van der Waals surface area contributed by atoms with Crippen molar-refractivity contribution in [3.8, 4) is 11.1 Å². The normalized spacial score (nSPS) is 10.6. The molecule has 0 aliphatic carbocycles. The summed E-state index contributed by atoms with van der Waals surface area (Å²) in [6, 6.07) is 12.7. The maximum Gasteiger partial charge on any atom is 0.335 e. The molecular weight excluding hydrogens is 350 g/mol. The van der Waals surface area contributed by atoms with E-state index in [1.165, 1.54) is 30.3 Å². The highest BCUT2D eigenvalue weighted by atomic mass is 19.1. The molecule has 4 N–H and O–H groups in total. The van der Waals surface area contributed by atoms with Crippen molar-refractivity contribution in [1.29, 1.82) is 5.41 Å². The molecule has 27 heavy (non-hydrogen) atoms. The number of nitrogen functional groups attached to an aromatic ring is 1. The molecule has 136 valence electrons. The molecule has 0 saturated carbocycles. The molecule has 0 aliphatic rings. The fraction of sp³-hybridized carbons (Fsp3) is 0.0476. The first-order valence-corrected chi connectivity index (χ1v) is 8.06. The van der Waals surface area contributed by atoms with E-state index in [9.17, 15) is 13.6 Å². The number of nitrogens with one attached hydrogen (secondary N) is 1. The Hall–Kier alpha value is -3.54. The number of halogens is 2. The summed E-state index contributed by atoms with van der Waals surface area (Å²) in [6.45, 7) is 1.56. The lowest BCUT2D eigenvalue weighted by Crippen LogP contribution is -2.06. The van der Waals surface area contributed by atoms with E-state index in [4.69, 9.17) is 16.2 Å². The third-order valence-electron chi connectivity index (χ3n) is 4.36. The molecule has 0 fully saturated rings. The standard InChI is InChI=1S/C21H16F2N2O2/c1-11-17(8-14(21(26)27)9-18(11)23)13-4-7-16(19(24)10-13)20(25)12-2-5-15(22)6-3-12/h2-10,25H,24H2,1H3,(H,26,27). The molecule has 0 aromatic heterocycles. The number of benzene rings is 3. The van der Waals surface area contributed by atoms with E-state index in [2.05, 4.69) is 0 Å². The molecule has 0 radical (unpaired) electrons. The van der Waals surface area contributed by atoms with Crippen LogP contribution in [-0.4, -0.2) is 16.8 Å². The molecule has 3 aromatic rings. The lowest BCUT2D eigenvalue weighted by atomic mass is 9.94. The van der Waals surface area contributed by atoms with Gasteiger partial charge in [0.25, 0.3) is 0 Å². The number of anilines is 1. The van der Waals surface area contributed by atoms with Crippen molar-refractivity contribution in [3.05, 3.63) is 88.5 Å². The summed E-state index contributed by atoms with van der Waals surface area (Å²) < 4.78 is 27.2. The van der Waals surface area contributed by atoms with Gasteiger partial charge in [0.1, 0.15) is 11.6 Å². The zero-order valence-corrected chi connectivity index (χ0v) is 14.4. The average molecular weight is 366 g/mol. The smallest absolute Gasteiger partial charge is 0.335 e. The molecule has 3 rings (SSSR count). The SMILES string of the molecule is Cc1c(F)cc(C(=O)O)cc1-c1ccc(C(=N)c2ccc(F)cc2)c(N)c1. The summed E-state index contributed by atoms with van der Waals surface area (Å²) in [4.78, 5) is 11.2. The van der Waals surface area contributed by atoms with Crippen molar-refractivity contribution in [1.82, 2.24) is 0 Å². The summed E-state index contributed by atoms with van der Waals surface area (Å²) in [5.41, 5.74) is 8.55. The summed E-state index contributed by atoms with van der Waals surface area (Å²) in [7, 11) is 0. The second-order valence-electron chi connectivity index (χ2n) is 6.12. The van der Waals surface area contributed by atoms with Gasteiger partial charge in [0.2, 0.25) is 0 Å². The third-order valence-corrected chi connectivity index (χ3v) is 4.36. The van der Waals surface area contributed by atoms with Gasteiger partial charge in [0.05, 0.1) is 11.3 Å². The fourth-order valence-electron chi connectivity index (χ4n) is 2.83. The van der Waals surface area contributed by atoms with Crippen LogP contribution in [0.15, 0.2) is 54.6 Å². The summed E-state index contributed by atoms with van der Waals surface area (Å²) >= 11 is 0. The van der Waals surface area contributed by atoms with Crippen LogP contribution in [0.25, 0.3) is 11.1 Å². The van der Waals surface area contributed by atoms with Gasteiger partial charge in [-0.1, -0.05) is 12.1 Å². The van der Waals surface area contributed by atoms with Gasteiger partial charge in [0, 0.05) is 16.8 Å². The van der Waals surface area contributed by atoms with E-state index in [0.717, 1.165) is 6.07 Å². The minimum absolute atomic E-state index is 0.126. The Morgan fingerprint density at radius 1 is 1.00 bits per heavy atom. The van der Waals surface area contributed by atoms with Crippen LogP contribution in [-0.2, 0) is 0 Å². The first-order valence-electron chi connectivity index (χ1n) is 8.06. The highest BCUT2D eigenvalue weighted by Crippen LogP contribution is 2.30.